The lowest BCUT2D eigenvalue weighted by molar-refractivity contribution is -0.137. The van der Waals surface area contributed by atoms with Crippen molar-refractivity contribution in [2.45, 2.75) is 50.5 Å². The van der Waals surface area contributed by atoms with E-state index < -0.39 is 23.2 Å². The van der Waals surface area contributed by atoms with E-state index in [-0.39, 0.29) is 43.8 Å². The van der Waals surface area contributed by atoms with Gasteiger partial charge in [-0.15, -0.1) is 0 Å². The lowest BCUT2D eigenvalue weighted by Crippen LogP contribution is -2.58. The van der Waals surface area contributed by atoms with Crippen LogP contribution in [0, 0.1) is 17.6 Å². The number of urea groups is 1. The summed E-state index contributed by atoms with van der Waals surface area (Å²) in [4.78, 5) is 44.7. The number of likely N-dealkylation sites (tertiary alicyclic amines) is 1. The molecule has 3 aliphatic rings. The van der Waals surface area contributed by atoms with Gasteiger partial charge in [0.25, 0.3) is 5.91 Å². The summed E-state index contributed by atoms with van der Waals surface area (Å²) in [6.07, 6.45) is 6.64. The van der Waals surface area contributed by atoms with Crippen LogP contribution in [0.5, 0.6) is 0 Å². The van der Waals surface area contributed by atoms with Crippen molar-refractivity contribution in [3.8, 4) is 0 Å². The van der Waals surface area contributed by atoms with Gasteiger partial charge in [0.1, 0.15) is 23.7 Å². The zero-order valence-corrected chi connectivity index (χ0v) is 22.0. The zero-order valence-electron chi connectivity index (χ0n) is 22.0. The maximum Gasteiger partial charge on any atom is 0.321 e. The third-order valence-electron chi connectivity index (χ3n) is 8.28. The number of benzene rings is 2. The minimum absolute atomic E-state index is 0.00925. The number of carbonyl (C=O) groups excluding carboxylic acids is 3. The van der Waals surface area contributed by atoms with Crippen molar-refractivity contribution in [2.75, 3.05) is 43.1 Å². The van der Waals surface area contributed by atoms with Crippen LogP contribution in [-0.2, 0) is 9.59 Å². The van der Waals surface area contributed by atoms with Crippen LogP contribution in [0.4, 0.5) is 25.0 Å². The fraction of sp³-hybridized carbons (Fsp3) is 0.483. The summed E-state index contributed by atoms with van der Waals surface area (Å²) in [7, 11) is 0. The van der Waals surface area contributed by atoms with Crippen molar-refractivity contribution in [1.29, 1.82) is 0 Å². The normalized spacial score (nSPS) is 19.4. The van der Waals surface area contributed by atoms with Crippen LogP contribution in [0.1, 0.15) is 44.9 Å². The number of anilines is 2. The maximum absolute atomic E-state index is 14.1. The quantitative estimate of drug-likeness (QED) is 0.572. The summed E-state index contributed by atoms with van der Waals surface area (Å²) >= 11 is 0. The molecule has 10 heteroatoms. The topological polar surface area (TPSA) is 85.0 Å². The van der Waals surface area contributed by atoms with Crippen molar-refractivity contribution in [3.05, 3.63) is 60.2 Å². The Bertz CT molecular complexity index is 1200. The minimum Gasteiger partial charge on any atom is -0.354 e. The van der Waals surface area contributed by atoms with Crippen LogP contribution < -0.4 is 15.5 Å². The number of nitrogens with one attached hydrogen (secondary N) is 2. The number of rotatable bonds is 6. The van der Waals surface area contributed by atoms with E-state index in [1.165, 1.54) is 30.2 Å². The molecule has 3 fully saturated rings. The predicted molar refractivity (Wildman–Crippen MR) is 144 cm³/mol. The molecule has 2 aromatic carbocycles. The van der Waals surface area contributed by atoms with Crippen LogP contribution in [0.15, 0.2) is 48.5 Å². The summed E-state index contributed by atoms with van der Waals surface area (Å²) < 4.78 is 27.3. The van der Waals surface area contributed by atoms with Crippen LogP contribution in [0.2, 0.25) is 0 Å². The van der Waals surface area contributed by atoms with Gasteiger partial charge in [0.15, 0.2) is 0 Å². The third-order valence-corrected chi connectivity index (χ3v) is 8.28. The van der Waals surface area contributed by atoms with Crippen molar-refractivity contribution in [3.63, 3.8) is 0 Å². The highest BCUT2D eigenvalue weighted by molar-refractivity contribution is 5.97. The summed E-state index contributed by atoms with van der Waals surface area (Å²) in [5.74, 6) is -1.35. The van der Waals surface area contributed by atoms with E-state index >= 15 is 0 Å². The Morgan fingerprint density at radius 1 is 0.974 bits per heavy atom. The molecule has 0 radical (unpaired) electrons. The Balaban J connectivity index is 1.25. The summed E-state index contributed by atoms with van der Waals surface area (Å²) in [5.41, 5.74) is -0.111. The molecule has 8 nitrogen and oxygen atoms in total. The van der Waals surface area contributed by atoms with Gasteiger partial charge in [-0.05, 0) is 55.9 Å². The molecule has 208 valence electrons. The van der Waals surface area contributed by atoms with Crippen molar-refractivity contribution >= 4 is 29.2 Å². The van der Waals surface area contributed by atoms with Gasteiger partial charge in [-0.25, -0.2) is 13.6 Å². The van der Waals surface area contributed by atoms with Gasteiger partial charge < -0.3 is 25.3 Å². The molecule has 1 spiro atoms. The fourth-order valence-electron chi connectivity index (χ4n) is 6.07. The maximum atomic E-state index is 14.1. The van der Waals surface area contributed by atoms with Crippen molar-refractivity contribution in [1.82, 2.24) is 15.1 Å². The molecule has 2 heterocycles. The van der Waals surface area contributed by atoms with Gasteiger partial charge in [-0.2, -0.15) is 0 Å². The molecule has 4 amide bonds. The van der Waals surface area contributed by atoms with Crippen LogP contribution in [0.3, 0.4) is 0 Å². The smallest absolute Gasteiger partial charge is 0.321 e. The molecule has 0 bridgehead atoms. The lowest BCUT2D eigenvalue weighted by atomic mass is 9.85. The van der Waals surface area contributed by atoms with E-state index in [4.69, 9.17) is 0 Å². The first-order valence-corrected chi connectivity index (χ1v) is 13.8. The van der Waals surface area contributed by atoms with Crippen LogP contribution >= 0.6 is 0 Å². The molecule has 2 aromatic rings. The SMILES string of the molecule is O=C(CN1CN(c2ccccc2)C2(CCN(C(=O)Nc3ccc(F)cc3F)CC2)C1=O)NCC1CCCCC1. The first-order chi connectivity index (χ1) is 18.9. The van der Waals surface area contributed by atoms with Gasteiger partial charge in [0.2, 0.25) is 5.91 Å². The molecule has 1 aliphatic carbocycles. The molecule has 39 heavy (non-hydrogen) atoms. The number of nitrogens with zero attached hydrogens (tertiary/aromatic N) is 3. The van der Waals surface area contributed by atoms with E-state index in [0.29, 0.717) is 25.3 Å². The first-order valence-electron chi connectivity index (χ1n) is 13.8. The van der Waals surface area contributed by atoms with E-state index in [0.717, 1.165) is 30.7 Å². The van der Waals surface area contributed by atoms with Gasteiger partial charge in [-0.3, -0.25) is 9.59 Å². The highest BCUT2D eigenvalue weighted by Gasteiger charge is 2.54. The number of para-hydroxylation sites is 1. The van der Waals surface area contributed by atoms with E-state index in [9.17, 15) is 23.2 Å². The average molecular weight is 540 g/mol. The van der Waals surface area contributed by atoms with E-state index in [2.05, 4.69) is 10.6 Å². The van der Waals surface area contributed by atoms with Crippen molar-refractivity contribution < 1.29 is 23.2 Å². The molecule has 2 aliphatic heterocycles. The Morgan fingerprint density at radius 2 is 1.69 bits per heavy atom. The van der Waals surface area contributed by atoms with Gasteiger partial charge in [0, 0.05) is 31.4 Å². The predicted octanol–water partition coefficient (Wildman–Crippen LogP) is 4.33. The van der Waals surface area contributed by atoms with Gasteiger partial charge >= 0.3 is 6.03 Å². The average Bonchev–Trinajstić information content (AvgIpc) is 3.21. The number of carbonyl (C=O) groups is 3. The fourth-order valence-corrected chi connectivity index (χ4v) is 6.07. The van der Waals surface area contributed by atoms with E-state index in [1.807, 2.05) is 35.2 Å². The Hall–Kier alpha value is -3.69. The zero-order chi connectivity index (χ0) is 27.4. The molecule has 1 saturated carbocycles. The highest BCUT2D eigenvalue weighted by atomic mass is 19.1. The second-order valence-electron chi connectivity index (χ2n) is 10.8. The Labute approximate surface area is 227 Å². The number of halogens is 2. The second-order valence-corrected chi connectivity index (χ2v) is 10.8. The molecular formula is C29H35F2N5O3. The van der Waals surface area contributed by atoms with E-state index in [1.54, 1.807) is 4.90 Å². The third kappa shape index (κ3) is 5.84. The largest absolute Gasteiger partial charge is 0.354 e. The first kappa shape index (κ1) is 26.9. The van der Waals surface area contributed by atoms with Crippen LogP contribution in [-0.4, -0.2) is 66.0 Å². The summed E-state index contributed by atoms with van der Waals surface area (Å²) in [6, 6.07) is 12.1. The summed E-state index contributed by atoms with van der Waals surface area (Å²) in [5, 5.41) is 5.53. The monoisotopic (exact) mass is 539 g/mol. The molecule has 0 unspecified atom stereocenters. The minimum atomic E-state index is -0.886. The van der Waals surface area contributed by atoms with Gasteiger partial charge in [0.05, 0.1) is 12.4 Å². The molecule has 2 N–H and O–H groups in total. The molecule has 2 saturated heterocycles. The Kier molecular flexibility index (Phi) is 7.99. The summed E-state index contributed by atoms with van der Waals surface area (Å²) in [6.45, 7) is 1.46. The number of hydrogen-bond acceptors (Lipinski definition) is 4. The van der Waals surface area contributed by atoms with Crippen LogP contribution in [0.25, 0.3) is 0 Å². The molecular weight excluding hydrogens is 504 g/mol. The molecule has 0 atom stereocenters. The lowest BCUT2D eigenvalue weighted by Gasteiger charge is -2.43. The molecule has 5 rings (SSSR count). The second kappa shape index (κ2) is 11.6. The Morgan fingerprint density at radius 3 is 2.38 bits per heavy atom. The standard InChI is InChI=1S/C29H35F2N5O3/c30-22-11-12-25(24(31)17-22)33-28(39)34-15-13-29(14-16-34)27(38)35(20-36(29)23-9-5-2-6-10-23)19-26(37)32-18-21-7-3-1-4-8-21/h2,5-6,9-12,17,21H,1,3-4,7-8,13-16,18-20H2,(H,32,37)(H,33,39). The number of amides is 4. The van der Waals surface area contributed by atoms with Gasteiger partial charge in [-0.1, -0.05) is 37.5 Å². The van der Waals surface area contributed by atoms with Crippen molar-refractivity contribution in [2.24, 2.45) is 5.92 Å². The highest BCUT2D eigenvalue weighted by Crippen LogP contribution is 2.39. The number of piperidine rings is 1. The number of hydrogen-bond donors (Lipinski definition) is 2. The molecule has 0 aromatic heterocycles.